The number of carbonyl (C=O) groups excluding carboxylic acids is 1. The van der Waals surface area contributed by atoms with Crippen LogP contribution in [-0.2, 0) is 9.53 Å². The van der Waals surface area contributed by atoms with Crippen LogP contribution in [0.15, 0.2) is 24.3 Å². The topological polar surface area (TPSA) is 29.5 Å². The molecule has 3 heteroatoms. The molecule has 0 aromatic heterocycles. The fourth-order valence-electron chi connectivity index (χ4n) is 3.88. The number of methoxy groups -OCH3 is 1. The number of hydrogen-bond donors (Lipinski definition) is 0. The lowest BCUT2D eigenvalue weighted by atomic mass is 9.78. The molecule has 0 saturated heterocycles. The third-order valence-corrected chi connectivity index (χ3v) is 4.80. The number of benzene rings is 1. The van der Waals surface area contributed by atoms with E-state index in [1.807, 2.05) is 0 Å². The minimum absolute atomic E-state index is 0.0552. The molecule has 0 spiro atoms. The minimum Gasteiger partial charge on any atom is -0.467 e. The Morgan fingerprint density at radius 3 is 2.73 bits per heavy atom. The monoisotopic (exact) mass is 303 g/mol. The van der Waals surface area contributed by atoms with Gasteiger partial charge in [-0.25, -0.2) is 4.79 Å². The summed E-state index contributed by atoms with van der Waals surface area (Å²) >= 11 is 0. The van der Waals surface area contributed by atoms with E-state index in [9.17, 15) is 4.79 Å². The van der Waals surface area contributed by atoms with Crippen LogP contribution in [-0.4, -0.2) is 24.7 Å². The predicted octanol–water partition coefficient (Wildman–Crippen LogP) is 4.51. The zero-order chi connectivity index (χ0) is 16.3. The third-order valence-electron chi connectivity index (χ3n) is 4.80. The summed E-state index contributed by atoms with van der Waals surface area (Å²) < 4.78 is 5.12. The van der Waals surface area contributed by atoms with Crippen LogP contribution in [0.2, 0.25) is 0 Å². The first-order valence-electron chi connectivity index (χ1n) is 8.38. The normalized spacial score (nSPS) is 21.1. The number of fused-ring (bicyclic) bond motifs is 1. The van der Waals surface area contributed by atoms with E-state index in [2.05, 4.69) is 56.9 Å². The van der Waals surface area contributed by atoms with E-state index in [-0.39, 0.29) is 17.6 Å². The summed E-state index contributed by atoms with van der Waals surface area (Å²) in [4.78, 5) is 14.7. The zero-order valence-corrected chi connectivity index (χ0v) is 14.6. The van der Waals surface area contributed by atoms with Crippen molar-refractivity contribution in [1.82, 2.24) is 0 Å². The summed E-state index contributed by atoms with van der Waals surface area (Å²) in [5.74, 6) is 0.387. The van der Waals surface area contributed by atoms with Gasteiger partial charge in [0.1, 0.15) is 6.04 Å². The highest BCUT2D eigenvalue weighted by Gasteiger charge is 2.42. The van der Waals surface area contributed by atoms with E-state index >= 15 is 0 Å². The first-order valence-corrected chi connectivity index (χ1v) is 8.38. The van der Waals surface area contributed by atoms with Crippen molar-refractivity contribution in [2.75, 3.05) is 12.0 Å². The molecule has 0 amide bonds. The van der Waals surface area contributed by atoms with Gasteiger partial charge >= 0.3 is 5.97 Å². The molecule has 22 heavy (non-hydrogen) atoms. The maximum Gasteiger partial charge on any atom is 0.328 e. The highest BCUT2D eigenvalue weighted by Crippen LogP contribution is 2.44. The van der Waals surface area contributed by atoms with Gasteiger partial charge in [-0.2, -0.15) is 0 Å². The number of carbonyl (C=O) groups is 1. The SMILES string of the molecule is CCCC[C@H](C(=O)OC)N1c2ccccc2[C@H](C)CC1(C)C. The number of rotatable bonds is 5. The third kappa shape index (κ3) is 3.13. The second-order valence-electron chi connectivity index (χ2n) is 7.03. The Bertz CT molecular complexity index is 524. The predicted molar refractivity (Wildman–Crippen MR) is 91.4 cm³/mol. The molecule has 0 unspecified atom stereocenters. The Balaban J connectivity index is 2.48. The molecule has 0 radical (unpaired) electrons. The fraction of sp³-hybridized carbons (Fsp3) is 0.632. The van der Waals surface area contributed by atoms with E-state index in [0.29, 0.717) is 5.92 Å². The molecule has 122 valence electrons. The molecule has 0 fully saturated rings. The molecule has 3 nitrogen and oxygen atoms in total. The van der Waals surface area contributed by atoms with Gasteiger partial charge in [-0.05, 0) is 44.2 Å². The summed E-state index contributed by atoms with van der Waals surface area (Å²) in [6.07, 6.45) is 4.00. The van der Waals surface area contributed by atoms with Crippen molar-refractivity contribution in [1.29, 1.82) is 0 Å². The van der Waals surface area contributed by atoms with E-state index < -0.39 is 0 Å². The van der Waals surface area contributed by atoms with Crippen LogP contribution < -0.4 is 4.90 Å². The van der Waals surface area contributed by atoms with Crippen LogP contribution in [0.25, 0.3) is 0 Å². The van der Waals surface area contributed by atoms with Crippen molar-refractivity contribution in [3.63, 3.8) is 0 Å². The molecular formula is C19H29NO2. The maximum atomic E-state index is 12.4. The lowest BCUT2D eigenvalue weighted by Crippen LogP contribution is -2.56. The Morgan fingerprint density at radius 2 is 2.09 bits per heavy atom. The Hall–Kier alpha value is -1.51. The lowest BCUT2D eigenvalue weighted by Gasteiger charge is -2.50. The van der Waals surface area contributed by atoms with Crippen molar-refractivity contribution in [2.24, 2.45) is 0 Å². The van der Waals surface area contributed by atoms with Crippen molar-refractivity contribution in [3.05, 3.63) is 29.8 Å². The number of anilines is 1. The Kier molecular flexibility index (Phi) is 5.15. The Labute approximate surface area is 134 Å². The largest absolute Gasteiger partial charge is 0.467 e. The summed E-state index contributed by atoms with van der Waals surface area (Å²) in [6, 6.07) is 8.29. The van der Waals surface area contributed by atoms with Crippen LogP contribution in [0.3, 0.4) is 0 Å². The quantitative estimate of drug-likeness (QED) is 0.750. The van der Waals surface area contributed by atoms with Crippen LogP contribution in [0.4, 0.5) is 5.69 Å². The summed E-state index contributed by atoms with van der Waals surface area (Å²) in [7, 11) is 1.49. The van der Waals surface area contributed by atoms with Gasteiger partial charge in [0.15, 0.2) is 0 Å². The second-order valence-corrected chi connectivity index (χ2v) is 7.03. The molecular weight excluding hydrogens is 274 g/mol. The molecule has 1 aliphatic rings. The number of unbranched alkanes of at least 4 members (excludes halogenated alkanes) is 1. The molecule has 1 aromatic carbocycles. The van der Waals surface area contributed by atoms with Crippen LogP contribution >= 0.6 is 0 Å². The van der Waals surface area contributed by atoms with Crippen molar-refractivity contribution >= 4 is 11.7 Å². The number of esters is 1. The molecule has 0 bridgehead atoms. The number of hydrogen-bond acceptors (Lipinski definition) is 3. The molecule has 1 aliphatic heterocycles. The minimum atomic E-state index is -0.200. The fourth-order valence-corrected chi connectivity index (χ4v) is 3.88. The van der Waals surface area contributed by atoms with Crippen molar-refractivity contribution in [3.8, 4) is 0 Å². The van der Waals surface area contributed by atoms with Gasteiger partial charge in [-0.15, -0.1) is 0 Å². The van der Waals surface area contributed by atoms with Gasteiger partial charge in [0.25, 0.3) is 0 Å². The first-order chi connectivity index (χ1) is 10.4. The van der Waals surface area contributed by atoms with Crippen LogP contribution in [0.1, 0.15) is 64.9 Å². The summed E-state index contributed by atoms with van der Waals surface area (Å²) in [5.41, 5.74) is 2.48. The van der Waals surface area contributed by atoms with Gasteiger partial charge < -0.3 is 9.64 Å². The smallest absolute Gasteiger partial charge is 0.328 e. The first kappa shape index (κ1) is 16.9. The average molecular weight is 303 g/mol. The number of nitrogens with zero attached hydrogens (tertiary/aromatic N) is 1. The van der Waals surface area contributed by atoms with E-state index in [1.165, 1.54) is 18.4 Å². The zero-order valence-electron chi connectivity index (χ0n) is 14.6. The maximum absolute atomic E-state index is 12.4. The van der Waals surface area contributed by atoms with Crippen LogP contribution in [0, 0.1) is 0 Å². The van der Waals surface area contributed by atoms with Gasteiger partial charge in [0.05, 0.1) is 7.11 Å². The molecule has 0 aliphatic carbocycles. The molecule has 1 heterocycles. The average Bonchev–Trinajstić information content (AvgIpc) is 2.49. The second kappa shape index (κ2) is 6.72. The van der Waals surface area contributed by atoms with Gasteiger partial charge in [0, 0.05) is 11.2 Å². The summed E-state index contributed by atoms with van der Waals surface area (Å²) in [6.45, 7) is 8.91. The molecule has 2 atom stereocenters. The van der Waals surface area contributed by atoms with E-state index in [4.69, 9.17) is 4.74 Å². The summed E-state index contributed by atoms with van der Waals surface area (Å²) in [5, 5.41) is 0. The Morgan fingerprint density at radius 1 is 1.41 bits per heavy atom. The molecule has 2 rings (SSSR count). The standard InChI is InChI=1S/C19H29NO2/c1-6-7-11-17(18(21)22-5)20-16-12-9-8-10-15(16)14(2)13-19(20,3)4/h8-10,12,14,17H,6-7,11,13H2,1-5H3/t14-,17-/m1/s1. The highest BCUT2D eigenvalue weighted by molar-refractivity contribution is 5.81. The van der Waals surface area contributed by atoms with Crippen molar-refractivity contribution in [2.45, 2.75) is 70.9 Å². The number of para-hydroxylation sites is 1. The van der Waals surface area contributed by atoms with E-state index in [0.717, 1.165) is 25.7 Å². The molecule has 1 aromatic rings. The van der Waals surface area contributed by atoms with Gasteiger partial charge in [-0.1, -0.05) is 44.9 Å². The highest BCUT2D eigenvalue weighted by atomic mass is 16.5. The van der Waals surface area contributed by atoms with Crippen molar-refractivity contribution < 1.29 is 9.53 Å². The van der Waals surface area contributed by atoms with E-state index in [1.54, 1.807) is 0 Å². The number of ether oxygens (including phenoxy) is 1. The molecule has 0 saturated carbocycles. The van der Waals surface area contributed by atoms with Gasteiger partial charge in [-0.3, -0.25) is 0 Å². The molecule has 0 N–H and O–H groups in total. The van der Waals surface area contributed by atoms with Gasteiger partial charge in [0.2, 0.25) is 0 Å². The van der Waals surface area contributed by atoms with Crippen LogP contribution in [0.5, 0.6) is 0 Å². The lowest BCUT2D eigenvalue weighted by molar-refractivity contribution is -0.142.